The van der Waals surface area contributed by atoms with Crippen molar-refractivity contribution in [2.75, 3.05) is 21.3 Å². The first kappa shape index (κ1) is 17.4. The minimum Gasteiger partial charge on any atom is -0.493 e. The molecule has 1 aromatic carbocycles. The molecule has 1 atom stereocenters. The molecule has 0 heterocycles. The van der Waals surface area contributed by atoms with Crippen LogP contribution in [0, 0.1) is 0 Å². The standard InChI is InChI=1S/C17H26O4/c1-5-6-7-8-9-10-14(18)13-11-15(19-2)17(21-4)16(12-13)20-3/h5,11-12,14,18H,1,6-10H2,2-4H3. The first-order valence-corrected chi connectivity index (χ1v) is 7.26. The van der Waals surface area contributed by atoms with Gasteiger partial charge in [0, 0.05) is 0 Å². The molecular formula is C17H26O4. The van der Waals surface area contributed by atoms with Crippen LogP contribution in [-0.4, -0.2) is 26.4 Å². The predicted molar refractivity (Wildman–Crippen MR) is 84.3 cm³/mol. The van der Waals surface area contributed by atoms with Gasteiger partial charge in [-0.1, -0.05) is 18.9 Å². The normalized spacial score (nSPS) is 11.8. The summed E-state index contributed by atoms with van der Waals surface area (Å²) in [5, 5.41) is 10.3. The van der Waals surface area contributed by atoms with Crippen LogP contribution in [0.15, 0.2) is 24.8 Å². The van der Waals surface area contributed by atoms with Crippen LogP contribution < -0.4 is 14.2 Å². The van der Waals surface area contributed by atoms with E-state index in [0.717, 1.165) is 37.7 Å². The molecule has 0 aliphatic rings. The van der Waals surface area contributed by atoms with Crippen molar-refractivity contribution in [3.05, 3.63) is 30.4 Å². The Hall–Kier alpha value is -1.68. The number of rotatable bonds is 10. The number of benzene rings is 1. The molecule has 0 spiro atoms. The molecule has 0 aliphatic carbocycles. The maximum Gasteiger partial charge on any atom is 0.203 e. The molecule has 0 amide bonds. The number of aliphatic hydroxyl groups is 1. The van der Waals surface area contributed by atoms with Crippen LogP contribution in [0.5, 0.6) is 17.2 Å². The van der Waals surface area contributed by atoms with Crippen molar-refractivity contribution in [1.29, 1.82) is 0 Å². The molecule has 1 N–H and O–H groups in total. The molecule has 0 radical (unpaired) electrons. The van der Waals surface area contributed by atoms with Crippen LogP contribution in [0.1, 0.15) is 43.8 Å². The van der Waals surface area contributed by atoms with E-state index in [1.54, 1.807) is 33.5 Å². The second-order valence-electron chi connectivity index (χ2n) is 4.90. The van der Waals surface area contributed by atoms with Crippen LogP contribution in [0.3, 0.4) is 0 Å². The van der Waals surface area contributed by atoms with Gasteiger partial charge in [0.2, 0.25) is 5.75 Å². The van der Waals surface area contributed by atoms with E-state index in [4.69, 9.17) is 14.2 Å². The fourth-order valence-corrected chi connectivity index (χ4v) is 2.26. The molecule has 1 rings (SSSR count). The van der Waals surface area contributed by atoms with E-state index in [1.165, 1.54) is 0 Å². The highest BCUT2D eigenvalue weighted by atomic mass is 16.5. The zero-order valence-corrected chi connectivity index (χ0v) is 13.2. The lowest BCUT2D eigenvalue weighted by molar-refractivity contribution is 0.162. The average molecular weight is 294 g/mol. The monoisotopic (exact) mass is 294 g/mol. The molecule has 4 heteroatoms. The minimum atomic E-state index is -0.526. The molecule has 0 aliphatic heterocycles. The second kappa shape index (κ2) is 9.29. The Labute approximate surface area is 127 Å². The third-order valence-corrected chi connectivity index (χ3v) is 3.46. The van der Waals surface area contributed by atoms with E-state index in [2.05, 4.69) is 6.58 Å². The number of hydrogen-bond acceptors (Lipinski definition) is 4. The Balaban J connectivity index is 2.75. The summed E-state index contributed by atoms with van der Waals surface area (Å²) < 4.78 is 15.9. The zero-order chi connectivity index (χ0) is 15.7. The lowest BCUT2D eigenvalue weighted by Crippen LogP contribution is -2.01. The van der Waals surface area contributed by atoms with E-state index in [9.17, 15) is 5.11 Å². The third-order valence-electron chi connectivity index (χ3n) is 3.46. The van der Waals surface area contributed by atoms with Gasteiger partial charge in [-0.2, -0.15) is 0 Å². The summed E-state index contributed by atoms with van der Waals surface area (Å²) in [5.41, 5.74) is 0.785. The summed E-state index contributed by atoms with van der Waals surface area (Å²) in [6.45, 7) is 3.71. The van der Waals surface area contributed by atoms with Crippen molar-refractivity contribution in [3.8, 4) is 17.2 Å². The molecule has 21 heavy (non-hydrogen) atoms. The van der Waals surface area contributed by atoms with Gasteiger partial charge in [-0.05, 0) is 37.0 Å². The quantitative estimate of drug-likeness (QED) is 0.525. The lowest BCUT2D eigenvalue weighted by atomic mass is 10.0. The molecule has 0 fully saturated rings. The molecule has 1 aromatic rings. The summed E-state index contributed by atoms with van der Waals surface area (Å²) >= 11 is 0. The molecule has 118 valence electrons. The van der Waals surface area contributed by atoms with E-state index in [0.29, 0.717) is 17.2 Å². The molecule has 1 unspecified atom stereocenters. The van der Waals surface area contributed by atoms with Crippen molar-refractivity contribution in [2.45, 2.75) is 38.2 Å². The maximum atomic E-state index is 10.3. The van der Waals surface area contributed by atoms with Crippen LogP contribution in [0.25, 0.3) is 0 Å². The first-order valence-electron chi connectivity index (χ1n) is 7.26. The number of ether oxygens (including phenoxy) is 3. The van der Waals surface area contributed by atoms with Crippen LogP contribution >= 0.6 is 0 Å². The maximum absolute atomic E-state index is 10.3. The van der Waals surface area contributed by atoms with Gasteiger partial charge in [-0.15, -0.1) is 6.58 Å². The van der Waals surface area contributed by atoms with E-state index < -0.39 is 6.10 Å². The van der Waals surface area contributed by atoms with Gasteiger partial charge in [0.1, 0.15) is 0 Å². The Morgan fingerprint density at radius 1 is 1.05 bits per heavy atom. The average Bonchev–Trinajstić information content (AvgIpc) is 2.52. The lowest BCUT2D eigenvalue weighted by Gasteiger charge is -2.17. The van der Waals surface area contributed by atoms with Gasteiger partial charge in [0.25, 0.3) is 0 Å². The zero-order valence-electron chi connectivity index (χ0n) is 13.2. The van der Waals surface area contributed by atoms with Crippen molar-refractivity contribution >= 4 is 0 Å². The van der Waals surface area contributed by atoms with Gasteiger partial charge in [0.15, 0.2) is 11.5 Å². The van der Waals surface area contributed by atoms with Crippen molar-refractivity contribution in [1.82, 2.24) is 0 Å². The molecule has 0 aromatic heterocycles. The number of methoxy groups -OCH3 is 3. The Morgan fingerprint density at radius 3 is 2.14 bits per heavy atom. The highest BCUT2D eigenvalue weighted by molar-refractivity contribution is 5.54. The summed E-state index contributed by atoms with van der Waals surface area (Å²) in [4.78, 5) is 0. The van der Waals surface area contributed by atoms with Crippen molar-refractivity contribution in [2.24, 2.45) is 0 Å². The molecule has 4 nitrogen and oxygen atoms in total. The number of unbranched alkanes of at least 4 members (excludes halogenated alkanes) is 3. The predicted octanol–water partition coefficient (Wildman–Crippen LogP) is 3.88. The summed E-state index contributed by atoms with van der Waals surface area (Å²) in [7, 11) is 4.71. The van der Waals surface area contributed by atoms with E-state index in [1.807, 2.05) is 6.08 Å². The third kappa shape index (κ3) is 4.97. The van der Waals surface area contributed by atoms with Gasteiger partial charge in [-0.3, -0.25) is 0 Å². The summed E-state index contributed by atoms with van der Waals surface area (Å²) in [5.74, 6) is 1.68. The van der Waals surface area contributed by atoms with Gasteiger partial charge < -0.3 is 19.3 Å². The summed E-state index contributed by atoms with van der Waals surface area (Å²) in [6, 6.07) is 3.60. The molecule has 0 saturated carbocycles. The van der Waals surface area contributed by atoms with Gasteiger partial charge in [0.05, 0.1) is 27.4 Å². The SMILES string of the molecule is C=CCCCCCC(O)c1cc(OC)c(OC)c(OC)c1. The van der Waals surface area contributed by atoms with Gasteiger partial charge in [-0.25, -0.2) is 0 Å². The molecule has 0 bridgehead atoms. The Morgan fingerprint density at radius 2 is 1.67 bits per heavy atom. The first-order chi connectivity index (χ1) is 10.2. The highest BCUT2D eigenvalue weighted by Crippen LogP contribution is 2.40. The number of aliphatic hydroxyl groups excluding tert-OH is 1. The minimum absolute atomic E-state index is 0.526. The second-order valence-corrected chi connectivity index (χ2v) is 4.90. The fraction of sp³-hybridized carbons (Fsp3) is 0.529. The van der Waals surface area contributed by atoms with Crippen molar-refractivity contribution in [3.63, 3.8) is 0 Å². The largest absolute Gasteiger partial charge is 0.493 e. The van der Waals surface area contributed by atoms with Crippen LogP contribution in [0.2, 0.25) is 0 Å². The van der Waals surface area contributed by atoms with Crippen LogP contribution in [0.4, 0.5) is 0 Å². The molecule has 0 saturated heterocycles. The van der Waals surface area contributed by atoms with Gasteiger partial charge >= 0.3 is 0 Å². The fourth-order valence-electron chi connectivity index (χ4n) is 2.26. The number of hydrogen-bond donors (Lipinski definition) is 1. The Bertz CT molecular complexity index is 417. The van der Waals surface area contributed by atoms with Crippen molar-refractivity contribution < 1.29 is 19.3 Å². The smallest absolute Gasteiger partial charge is 0.203 e. The van der Waals surface area contributed by atoms with Crippen LogP contribution in [-0.2, 0) is 0 Å². The van der Waals surface area contributed by atoms with E-state index >= 15 is 0 Å². The summed E-state index contributed by atoms with van der Waals surface area (Å²) in [6.07, 6.45) is 6.33. The molecular weight excluding hydrogens is 268 g/mol. The number of allylic oxidation sites excluding steroid dienone is 1. The van der Waals surface area contributed by atoms with E-state index in [-0.39, 0.29) is 0 Å². The topological polar surface area (TPSA) is 47.9 Å². The Kier molecular flexibility index (Phi) is 7.69. The highest BCUT2D eigenvalue weighted by Gasteiger charge is 2.17.